The van der Waals surface area contributed by atoms with E-state index in [1.54, 1.807) is 24.5 Å². The second-order valence-corrected chi connectivity index (χ2v) is 9.82. The van der Waals surface area contributed by atoms with Crippen LogP contribution in [0.15, 0.2) is 62.6 Å². The lowest BCUT2D eigenvalue weighted by atomic mass is 10.2. The van der Waals surface area contributed by atoms with E-state index in [1.165, 1.54) is 25.0 Å². The summed E-state index contributed by atoms with van der Waals surface area (Å²) in [6, 6.07) is 12.3. The van der Waals surface area contributed by atoms with E-state index in [9.17, 15) is 13.2 Å². The molecule has 0 radical (unpaired) electrons. The number of hydrogen-bond donors (Lipinski definition) is 1. The number of carbonyl (C=O) groups is 1. The maximum Gasteiger partial charge on any atom is 0.315 e. The van der Waals surface area contributed by atoms with Crippen molar-refractivity contribution in [2.24, 2.45) is 0 Å². The largest absolute Gasteiger partial charge is 0.468 e. The van der Waals surface area contributed by atoms with E-state index in [0.717, 1.165) is 18.6 Å². The Morgan fingerprint density at radius 3 is 2.62 bits per heavy atom. The third-order valence-corrected chi connectivity index (χ3v) is 7.18. The van der Waals surface area contributed by atoms with Crippen molar-refractivity contribution in [3.8, 4) is 0 Å². The van der Waals surface area contributed by atoms with Crippen LogP contribution >= 0.6 is 0 Å². The van der Waals surface area contributed by atoms with Gasteiger partial charge in [-0.3, -0.25) is 9.69 Å². The molecule has 0 saturated heterocycles. The zero-order valence-corrected chi connectivity index (χ0v) is 18.5. The number of hydrogen-bond acceptors (Lipinski definition) is 8. The second kappa shape index (κ2) is 10.1. The van der Waals surface area contributed by atoms with Crippen molar-refractivity contribution in [2.75, 3.05) is 13.1 Å². The first kappa shape index (κ1) is 22.2. The molecule has 0 aliphatic heterocycles. The molecule has 0 atom stereocenters. The monoisotopic (exact) mass is 458 g/mol. The molecule has 10 heteroatoms. The van der Waals surface area contributed by atoms with Crippen LogP contribution in [0.3, 0.4) is 0 Å². The minimum absolute atomic E-state index is 0.0515. The molecule has 32 heavy (non-hydrogen) atoms. The molecule has 0 spiro atoms. The lowest BCUT2D eigenvalue weighted by molar-refractivity contribution is 0.0897. The smallest absolute Gasteiger partial charge is 0.315 e. The fourth-order valence-corrected chi connectivity index (χ4v) is 5.13. The van der Waals surface area contributed by atoms with Gasteiger partial charge in [0.2, 0.25) is 0 Å². The van der Waals surface area contributed by atoms with E-state index >= 15 is 0 Å². The third-order valence-electron chi connectivity index (χ3n) is 5.55. The molecule has 9 nitrogen and oxygen atoms in total. The Hall–Kier alpha value is -2.98. The van der Waals surface area contributed by atoms with Gasteiger partial charge in [0.05, 0.1) is 17.7 Å². The molecule has 2 heterocycles. The zero-order chi connectivity index (χ0) is 22.4. The molecule has 2 aromatic heterocycles. The molecule has 1 aliphatic rings. The van der Waals surface area contributed by atoms with Crippen LogP contribution in [0.5, 0.6) is 0 Å². The van der Waals surface area contributed by atoms with Crippen LogP contribution in [0.2, 0.25) is 0 Å². The van der Waals surface area contributed by atoms with E-state index < -0.39 is 21.5 Å². The molecule has 1 aromatic carbocycles. The van der Waals surface area contributed by atoms with Crippen LogP contribution in [0.25, 0.3) is 0 Å². The molecule has 1 amide bonds. The first-order valence-electron chi connectivity index (χ1n) is 10.7. The quantitative estimate of drug-likeness (QED) is 0.493. The van der Waals surface area contributed by atoms with Gasteiger partial charge >= 0.3 is 11.8 Å². The van der Waals surface area contributed by atoms with E-state index in [2.05, 4.69) is 20.4 Å². The summed E-state index contributed by atoms with van der Waals surface area (Å²) in [6.07, 6.45) is 6.36. The molecule has 1 aliphatic carbocycles. The van der Waals surface area contributed by atoms with Crippen LogP contribution < -0.4 is 5.32 Å². The number of furan rings is 1. The molecule has 0 unspecified atom stereocenters. The maximum atomic E-state index is 12.4. The average Bonchev–Trinajstić information content (AvgIpc) is 3.56. The van der Waals surface area contributed by atoms with Crippen molar-refractivity contribution in [2.45, 2.75) is 48.9 Å². The van der Waals surface area contributed by atoms with Crippen molar-refractivity contribution < 1.29 is 22.2 Å². The van der Waals surface area contributed by atoms with E-state index in [0.29, 0.717) is 25.7 Å². The van der Waals surface area contributed by atoms with E-state index in [4.69, 9.17) is 8.94 Å². The molecule has 1 fully saturated rings. The van der Waals surface area contributed by atoms with Gasteiger partial charge in [-0.2, -0.15) is 4.98 Å². The van der Waals surface area contributed by atoms with Gasteiger partial charge in [0.25, 0.3) is 0 Å². The Morgan fingerprint density at radius 2 is 1.91 bits per heavy atom. The number of nitrogens with zero attached hydrogens (tertiary/aromatic N) is 3. The lowest BCUT2D eigenvalue weighted by Gasteiger charge is -2.27. The first-order valence-corrected chi connectivity index (χ1v) is 12.3. The van der Waals surface area contributed by atoms with Crippen molar-refractivity contribution in [1.82, 2.24) is 20.4 Å². The number of carbonyl (C=O) groups excluding carboxylic acids is 1. The fraction of sp³-hybridized carbons (Fsp3) is 0.409. The topological polar surface area (TPSA) is 119 Å². The summed E-state index contributed by atoms with van der Waals surface area (Å²) >= 11 is 0. The fourth-order valence-electron chi connectivity index (χ4n) is 3.94. The van der Waals surface area contributed by atoms with E-state index in [1.807, 2.05) is 12.1 Å². The summed E-state index contributed by atoms with van der Waals surface area (Å²) < 4.78 is 35.4. The molecule has 1 N–H and O–H groups in total. The summed E-state index contributed by atoms with van der Waals surface area (Å²) in [5.74, 6) is -0.368. The van der Waals surface area contributed by atoms with Crippen LogP contribution in [-0.4, -0.2) is 48.5 Å². The Kier molecular flexibility index (Phi) is 7.01. The molecule has 4 rings (SSSR count). The van der Waals surface area contributed by atoms with Gasteiger partial charge in [-0.25, -0.2) is 8.42 Å². The Labute approximate surface area is 186 Å². The average molecular weight is 459 g/mol. The van der Waals surface area contributed by atoms with Gasteiger partial charge in [0, 0.05) is 19.1 Å². The highest BCUT2D eigenvalue weighted by molar-refractivity contribution is 7.90. The number of amides is 1. The molecule has 3 aromatic rings. The van der Waals surface area contributed by atoms with Gasteiger partial charge in [0.15, 0.2) is 15.7 Å². The van der Waals surface area contributed by atoms with E-state index in [-0.39, 0.29) is 16.6 Å². The highest BCUT2D eigenvalue weighted by Gasteiger charge is 2.24. The third kappa shape index (κ3) is 5.63. The Morgan fingerprint density at radius 1 is 1.12 bits per heavy atom. The van der Waals surface area contributed by atoms with Gasteiger partial charge < -0.3 is 14.3 Å². The summed E-state index contributed by atoms with van der Waals surface area (Å²) in [6.45, 7) is 1.74. The number of sulfone groups is 1. The van der Waals surface area contributed by atoms with Crippen molar-refractivity contribution in [3.63, 3.8) is 0 Å². The standard InChI is InChI=1S/C22H26N4O5S/c27-21(22-24-20(25-31-22)16-32(28,29)19-10-2-1-3-11-19)23-12-13-26(17-7-4-5-8-17)15-18-9-6-14-30-18/h1-3,6,9-11,14,17H,4-5,7-8,12-13,15-16H2,(H,23,27). The molecular formula is C22H26N4O5S. The van der Waals surface area contributed by atoms with Crippen molar-refractivity contribution in [1.29, 1.82) is 0 Å². The van der Waals surface area contributed by atoms with Crippen molar-refractivity contribution in [3.05, 3.63) is 66.2 Å². The number of nitrogens with one attached hydrogen (secondary N) is 1. The molecule has 1 saturated carbocycles. The minimum Gasteiger partial charge on any atom is -0.468 e. The SMILES string of the molecule is O=C(NCCN(Cc1ccco1)C1CCCC1)c1nc(CS(=O)(=O)c2ccccc2)no1. The Balaban J connectivity index is 1.31. The van der Waals surface area contributed by atoms with Gasteiger partial charge in [-0.15, -0.1) is 0 Å². The summed E-state index contributed by atoms with van der Waals surface area (Å²) in [5, 5.41) is 6.44. The van der Waals surface area contributed by atoms with Gasteiger partial charge in [-0.05, 0) is 37.1 Å². The highest BCUT2D eigenvalue weighted by Crippen LogP contribution is 2.24. The first-order chi connectivity index (χ1) is 15.5. The summed E-state index contributed by atoms with van der Waals surface area (Å²) in [5.41, 5.74) is 0. The number of aromatic nitrogens is 2. The number of rotatable bonds is 10. The van der Waals surface area contributed by atoms with Crippen LogP contribution in [-0.2, 0) is 22.1 Å². The normalized spacial score (nSPS) is 14.8. The van der Waals surface area contributed by atoms with Gasteiger partial charge in [0.1, 0.15) is 11.5 Å². The minimum atomic E-state index is -3.62. The van der Waals surface area contributed by atoms with Crippen LogP contribution in [0, 0.1) is 0 Å². The van der Waals surface area contributed by atoms with Gasteiger partial charge in [-0.1, -0.05) is 36.2 Å². The predicted octanol–water partition coefficient (Wildman–Crippen LogP) is 2.81. The molecule has 170 valence electrons. The second-order valence-electron chi connectivity index (χ2n) is 7.83. The maximum absolute atomic E-state index is 12.4. The highest BCUT2D eigenvalue weighted by atomic mass is 32.2. The number of benzene rings is 1. The van der Waals surface area contributed by atoms with Crippen LogP contribution in [0.4, 0.5) is 0 Å². The molecule has 0 bridgehead atoms. The summed E-state index contributed by atoms with van der Waals surface area (Å²) in [4.78, 5) is 18.9. The Bertz CT molecular complexity index is 1110. The zero-order valence-electron chi connectivity index (χ0n) is 17.6. The molecular weight excluding hydrogens is 432 g/mol. The lowest BCUT2D eigenvalue weighted by Crippen LogP contribution is -2.39. The summed E-state index contributed by atoms with van der Waals surface area (Å²) in [7, 11) is -3.62. The predicted molar refractivity (Wildman–Crippen MR) is 115 cm³/mol. The van der Waals surface area contributed by atoms with Crippen LogP contribution in [0.1, 0.15) is 48.0 Å². The van der Waals surface area contributed by atoms with Crippen molar-refractivity contribution >= 4 is 15.7 Å².